The van der Waals surface area contributed by atoms with Gasteiger partial charge in [0.15, 0.2) is 0 Å². The van der Waals surface area contributed by atoms with Gasteiger partial charge in [-0.05, 0) is 38.2 Å². The molecule has 0 spiro atoms. The van der Waals surface area contributed by atoms with Gasteiger partial charge in [-0.1, -0.05) is 32.6 Å². The highest BCUT2D eigenvalue weighted by Gasteiger charge is 2.32. The Kier molecular flexibility index (Phi) is 17.1. The van der Waals surface area contributed by atoms with E-state index in [-0.39, 0.29) is 11.6 Å². The fourth-order valence-corrected chi connectivity index (χ4v) is 2.13. The third kappa shape index (κ3) is 11.3. The molecule has 1 heterocycles. The number of halogens is 2. The van der Waals surface area contributed by atoms with Crippen molar-refractivity contribution in [3.63, 3.8) is 0 Å². The molecule has 0 bridgehead atoms. The lowest BCUT2D eigenvalue weighted by molar-refractivity contribution is -0.134. The molecule has 0 radical (unpaired) electrons. The van der Waals surface area contributed by atoms with E-state index < -0.39 is 30.2 Å². The highest BCUT2D eigenvalue weighted by molar-refractivity contribution is 5.97. The topological polar surface area (TPSA) is 98.5 Å². The highest BCUT2D eigenvalue weighted by Crippen LogP contribution is 2.15. The summed E-state index contributed by atoms with van der Waals surface area (Å²) in [6, 6.07) is 4.98. The van der Waals surface area contributed by atoms with Gasteiger partial charge in [-0.25, -0.2) is 14.3 Å². The second-order valence-corrected chi connectivity index (χ2v) is 6.16. The fraction of sp³-hybridized carbons (Fsp3) is 0.435. The summed E-state index contributed by atoms with van der Waals surface area (Å²) in [6.45, 7) is 13.5. The monoisotopic (exact) mass is 453 g/mol. The Labute approximate surface area is 188 Å². The molecule has 2 amide bonds. The molecule has 1 aliphatic rings. The number of nitrogens with one attached hydrogen (secondary N) is 2. The van der Waals surface area contributed by atoms with Crippen LogP contribution in [0.5, 0.6) is 0 Å². The SMILES string of the molecule is C=C.CC.CC(C(F)F)C(NC(=O)c1ccc(C#CC2CN2C)cc1)C(=O)NO.CC=O. The Morgan fingerprint density at radius 1 is 1.25 bits per heavy atom. The Morgan fingerprint density at radius 3 is 2.09 bits per heavy atom. The Balaban J connectivity index is 0. The molecule has 4 atom stereocenters. The van der Waals surface area contributed by atoms with Crippen molar-refractivity contribution in [3.8, 4) is 11.8 Å². The maximum Gasteiger partial charge on any atom is 0.266 e. The van der Waals surface area contributed by atoms with Crippen LogP contribution in [0.1, 0.15) is 43.6 Å². The summed E-state index contributed by atoms with van der Waals surface area (Å²) in [7, 11) is 1.96. The van der Waals surface area contributed by atoms with E-state index in [1.807, 2.05) is 20.9 Å². The number of nitrogens with zero attached hydrogens (tertiary/aromatic N) is 1. The molecule has 3 N–H and O–H groups in total. The van der Waals surface area contributed by atoms with Crippen LogP contribution in [0, 0.1) is 17.8 Å². The fourth-order valence-electron chi connectivity index (χ4n) is 2.13. The molecule has 7 nitrogen and oxygen atoms in total. The van der Waals surface area contributed by atoms with Crippen LogP contribution < -0.4 is 10.8 Å². The summed E-state index contributed by atoms with van der Waals surface area (Å²) in [5.41, 5.74) is 2.22. The quantitative estimate of drug-likeness (QED) is 0.159. The molecule has 0 aliphatic carbocycles. The second kappa shape index (κ2) is 17.6. The molecule has 9 heteroatoms. The number of hydrogen-bond donors (Lipinski definition) is 3. The summed E-state index contributed by atoms with van der Waals surface area (Å²) in [5.74, 6) is 2.80. The van der Waals surface area contributed by atoms with Crippen LogP contribution in [-0.2, 0) is 9.59 Å². The molecule has 1 aromatic rings. The number of likely N-dealkylation sites (N-methyl/N-ethyl adjacent to an activating group) is 1. The van der Waals surface area contributed by atoms with Crippen molar-refractivity contribution in [1.82, 2.24) is 15.7 Å². The smallest absolute Gasteiger partial charge is 0.266 e. The number of rotatable bonds is 5. The third-order valence-corrected chi connectivity index (χ3v) is 3.99. The minimum absolute atomic E-state index is 0.200. The van der Waals surface area contributed by atoms with Crippen molar-refractivity contribution in [3.05, 3.63) is 48.6 Å². The zero-order valence-corrected chi connectivity index (χ0v) is 19.2. The predicted molar refractivity (Wildman–Crippen MR) is 120 cm³/mol. The van der Waals surface area contributed by atoms with E-state index in [1.165, 1.54) is 24.5 Å². The summed E-state index contributed by atoms with van der Waals surface area (Å²) in [6.07, 6.45) is -2.08. The van der Waals surface area contributed by atoms with Gasteiger partial charge in [0.05, 0.1) is 6.04 Å². The van der Waals surface area contributed by atoms with Gasteiger partial charge >= 0.3 is 0 Å². The normalized spacial score (nSPS) is 17.0. The molecule has 178 valence electrons. The zero-order chi connectivity index (χ0) is 25.3. The van der Waals surface area contributed by atoms with Crippen LogP contribution in [0.25, 0.3) is 0 Å². The van der Waals surface area contributed by atoms with Gasteiger partial charge in [-0.3, -0.25) is 19.7 Å². The van der Waals surface area contributed by atoms with E-state index in [0.29, 0.717) is 0 Å². The van der Waals surface area contributed by atoms with Crippen molar-refractivity contribution in [2.75, 3.05) is 13.6 Å². The summed E-state index contributed by atoms with van der Waals surface area (Å²) >= 11 is 0. The van der Waals surface area contributed by atoms with Crippen molar-refractivity contribution in [2.45, 2.75) is 46.2 Å². The Morgan fingerprint density at radius 2 is 1.72 bits per heavy atom. The lowest BCUT2D eigenvalue weighted by Crippen LogP contribution is -2.51. The summed E-state index contributed by atoms with van der Waals surface area (Å²) in [4.78, 5) is 34.6. The minimum Gasteiger partial charge on any atom is -0.340 e. The first-order valence-electron chi connectivity index (χ1n) is 9.99. The van der Waals surface area contributed by atoms with E-state index >= 15 is 0 Å². The van der Waals surface area contributed by atoms with Crippen LogP contribution in [0.4, 0.5) is 8.78 Å². The lowest BCUT2D eigenvalue weighted by Gasteiger charge is -2.22. The van der Waals surface area contributed by atoms with Gasteiger partial charge in [0.1, 0.15) is 12.3 Å². The van der Waals surface area contributed by atoms with E-state index in [1.54, 1.807) is 12.1 Å². The van der Waals surface area contributed by atoms with Crippen molar-refractivity contribution in [1.29, 1.82) is 0 Å². The molecule has 4 unspecified atom stereocenters. The minimum atomic E-state index is -2.83. The van der Waals surface area contributed by atoms with Gasteiger partial charge in [-0.15, -0.1) is 13.2 Å². The van der Waals surface area contributed by atoms with Gasteiger partial charge in [0.2, 0.25) is 6.43 Å². The molecule has 0 aromatic heterocycles. The van der Waals surface area contributed by atoms with Gasteiger partial charge in [-0.2, -0.15) is 0 Å². The molecular formula is C23H33F2N3O4. The summed E-state index contributed by atoms with van der Waals surface area (Å²) < 4.78 is 25.7. The molecular weight excluding hydrogens is 420 g/mol. The largest absolute Gasteiger partial charge is 0.340 e. The number of hydroxylamine groups is 1. The van der Waals surface area contributed by atoms with E-state index in [2.05, 4.69) is 35.2 Å². The number of amides is 2. The molecule has 2 rings (SSSR count). The number of hydrogen-bond acceptors (Lipinski definition) is 5. The third-order valence-electron chi connectivity index (χ3n) is 3.99. The average Bonchev–Trinajstić information content (AvgIpc) is 3.53. The van der Waals surface area contributed by atoms with Crippen molar-refractivity contribution in [2.24, 2.45) is 5.92 Å². The summed E-state index contributed by atoms with van der Waals surface area (Å²) in [5, 5.41) is 10.9. The number of carbonyl (C=O) groups excluding carboxylic acids is 3. The predicted octanol–water partition coefficient (Wildman–Crippen LogP) is 2.89. The second-order valence-electron chi connectivity index (χ2n) is 6.16. The molecule has 1 fully saturated rings. The number of aldehydes is 1. The Hall–Kier alpha value is -3.09. The van der Waals surface area contributed by atoms with Crippen molar-refractivity contribution >= 4 is 18.1 Å². The molecule has 1 aromatic carbocycles. The first kappa shape index (κ1) is 31.1. The lowest BCUT2D eigenvalue weighted by atomic mass is 10.0. The van der Waals surface area contributed by atoms with Crippen LogP contribution in [0.3, 0.4) is 0 Å². The van der Waals surface area contributed by atoms with Crippen LogP contribution in [0.15, 0.2) is 37.4 Å². The van der Waals surface area contributed by atoms with Crippen LogP contribution >= 0.6 is 0 Å². The van der Waals surface area contributed by atoms with Gasteiger partial charge in [0.25, 0.3) is 11.8 Å². The first-order chi connectivity index (χ1) is 15.2. The van der Waals surface area contributed by atoms with E-state index in [0.717, 1.165) is 25.3 Å². The standard InChI is InChI=1S/C17H19F2N3O3.C2H4O.C2H6.C2H4/c1-10(15(18)19)14(17(24)21-25)20-16(23)12-6-3-11(4-7-12)5-8-13-9-22(13)2;1-2-3;2*1-2/h3-4,6-7,10,13-15,25H,9H2,1-2H3,(H,20,23)(H,21,24);2H,1H3;1-2H3;1-2H2. The number of alkyl halides is 2. The maximum absolute atomic E-state index is 12.8. The molecule has 32 heavy (non-hydrogen) atoms. The maximum atomic E-state index is 12.8. The highest BCUT2D eigenvalue weighted by atomic mass is 19.3. The van der Waals surface area contributed by atoms with Crippen LogP contribution in [-0.4, -0.2) is 60.3 Å². The molecule has 0 saturated carbocycles. The zero-order valence-electron chi connectivity index (χ0n) is 19.2. The van der Waals surface area contributed by atoms with Crippen molar-refractivity contribution < 1.29 is 28.4 Å². The Bertz CT molecular complexity index is 761. The first-order valence-corrected chi connectivity index (χ1v) is 9.99. The molecule has 1 aliphatic heterocycles. The number of carbonyl (C=O) groups is 3. The van der Waals surface area contributed by atoms with Gasteiger partial charge < -0.3 is 10.1 Å². The van der Waals surface area contributed by atoms with Crippen LogP contribution in [0.2, 0.25) is 0 Å². The van der Waals surface area contributed by atoms with E-state index in [4.69, 9.17) is 10.0 Å². The average molecular weight is 454 g/mol. The van der Waals surface area contributed by atoms with E-state index in [9.17, 15) is 18.4 Å². The van der Waals surface area contributed by atoms with Gasteiger partial charge in [0, 0.05) is 23.6 Å². The number of benzene rings is 1. The molecule has 1 saturated heterocycles.